The van der Waals surface area contributed by atoms with E-state index in [0.717, 1.165) is 31.1 Å². The highest BCUT2D eigenvalue weighted by Gasteiger charge is 2.30. The number of rotatable bonds is 2. The van der Waals surface area contributed by atoms with Gasteiger partial charge in [-0.15, -0.1) is 0 Å². The molecule has 1 aromatic rings. The van der Waals surface area contributed by atoms with E-state index in [-0.39, 0.29) is 5.82 Å². The Morgan fingerprint density at radius 1 is 1.39 bits per heavy atom. The fourth-order valence-electron chi connectivity index (χ4n) is 3.26. The number of aromatic nitrogens is 1. The number of hydrogen-bond donors (Lipinski definition) is 1. The summed E-state index contributed by atoms with van der Waals surface area (Å²) in [5.74, 6) is 0.538. The Morgan fingerprint density at radius 3 is 3.22 bits per heavy atom. The summed E-state index contributed by atoms with van der Waals surface area (Å²) < 4.78 is 13.1. The van der Waals surface area contributed by atoms with Crippen LogP contribution < -0.4 is 5.32 Å². The third-order valence-corrected chi connectivity index (χ3v) is 4.14. The van der Waals surface area contributed by atoms with Crippen LogP contribution >= 0.6 is 0 Å². The number of nitrogens with one attached hydrogen (secondary N) is 1. The second kappa shape index (κ2) is 5.33. The van der Waals surface area contributed by atoms with Crippen LogP contribution in [0.3, 0.4) is 0 Å². The van der Waals surface area contributed by atoms with Crippen molar-refractivity contribution < 1.29 is 4.39 Å². The first-order valence-electron chi connectivity index (χ1n) is 6.86. The predicted octanol–water partition coefficient (Wildman–Crippen LogP) is 1.79. The van der Waals surface area contributed by atoms with Crippen molar-refractivity contribution in [1.29, 1.82) is 0 Å². The van der Waals surface area contributed by atoms with Gasteiger partial charge in [0.25, 0.3) is 0 Å². The Bertz CT molecular complexity index is 410. The van der Waals surface area contributed by atoms with Crippen molar-refractivity contribution in [2.75, 3.05) is 19.6 Å². The number of halogens is 1. The largest absolute Gasteiger partial charge is 0.314 e. The summed E-state index contributed by atoms with van der Waals surface area (Å²) in [6.07, 6.45) is 6.87. The molecule has 2 fully saturated rings. The highest BCUT2D eigenvalue weighted by Crippen LogP contribution is 2.25. The lowest BCUT2D eigenvalue weighted by atomic mass is 9.85. The van der Waals surface area contributed by atoms with Crippen molar-refractivity contribution in [3.05, 3.63) is 29.8 Å². The molecule has 2 atom stereocenters. The lowest BCUT2D eigenvalue weighted by Crippen LogP contribution is -2.51. The summed E-state index contributed by atoms with van der Waals surface area (Å²) in [4.78, 5) is 6.35. The molecule has 4 heteroatoms. The average molecular weight is 249 g/mol. The van der Waals surface area contributed by atoms with Gasteiger partial charge in [-0.25, -0.2) is 4.39 Å². The van der Waals surface area contributed by atoms with Gasteiger partial charge in [0.1, 0.15) is 5.82 Å². The monoisotopic (exact) mass is 249 g/mol. The second-order valence-electron chi connectivity index (χ2n) is 5.50. The van der Waals surface area contributed by atoms with Gasteiger partial charge in [-0.1, -0.05) is 0 Å². The molecule has 2 saturated heterocycles. The van der Waals surface area contributed by atoms with Crippen molar-refractivity contribution >= 4 is 0 Å². The highest BCUT2D eigenvalue weighted by atomic mass is 19.1. The fraction of sp³-hybridized carbons (Fsp3) is 0.643. The van der Waals surface area contributed by atoms with Gasteiger partial charge in [-0.3, -0.25) is 9.88 Å². The molecule has 0 aliphatic carbocycles. The minimum Gasteiger partial charge on any atom is -0.314 e. The van der Waals surface area contributed by atoms with Crippen molar-refractivity contribution in [3.63, 3.8) is 0 Å². The molecule has 18 heavy (non-hydrogen) atoms. The number of hydrogen-bond acceptors (Lipinski definition) is 3. The molecule has 0 amide bonds. The van der Waals surface area contributed by atoms with E-state index >= 15 is 0 Å². The van der Waals surface area contributed by atoms with E-state index in [4.69, 9.17) is 0 Å². The van der Waals surface area contributed by atoms with Crippen LogP contribution in [-0.2, 0) is 6.54 Å². The van der Waals surface area contributed by atoms with Gasteiger partial charge in [-0.05, 0) is 49.9 Å². The Hall–Kier alpha value is -1.00. The van der Waals surface area contributed by atoms with Crippen molar-refractivity contribution in [2.24, 2.45) is 5.92 Å². The van der Waals surface area contributed by atoms with Crippen molar-refractivity contribution in [1.82, 2.24) is 15.2 Å². The third-order valence-electron chi connectivity index (χ3n) is 4.14. The zero-order chi connectivity index (χ0) is 12.4. The summed E-state index contributed by atoms with van der Waals surface area (Å²) in [6.45, 7) is 4.24. The highest BCUT2D eigenvalue weighted by molar-refractivity contribution is 5.10. The molecular weight excluding hydrogens is 229 g/mol. The Kier molecular flexibility index (Phi) is 3.57. The number of pyridine rings is 1. The van der Waals surface area contributed by atoms with Gasteiger partial charge >= 0.3 is 0 Å². The Labute approximate surface area is 107 Å². The van der Waals surface area contributed by atoms with Gasteiger partial charge in [0, 0.05) is 25.3 Å². The molecule has 1 aromatic heterocycles. The zero-order valence-electron chi connectivity index (χ0n) is 10.6. The Morgan fingerprint density at radius 2 is 2.33 bits per heavy atom. The van der Waals surface area contributed by atoms with Gasteiger partial charge < -0.3 is 5.32 Å². The Balaban J connectivity index is 1.61. The van der Waals surface area contributed by atoms with Crippen LogP contribution in [0, 0.1) is 11.7 Å². The molecule has 3 heterocycles. The molecular formula is C14H20FN3. The smallest absolute Gasteiger partial charge is 0.141 e. The first-order valence-corrected chi connectivity index (χ1v) is 6.86. The standard InChI is InChI=1S/C14H20FN3/c15-13-6-11(7-16-8-13)9-18-5-3-14-12(10-18)2-1-4-17-14/h6-8,12,14,17H,1-5,9-10H2. The molecule has 0 saturated carbocycles. The van der Waals surface area contributed by atoms with Crippen LogP contribution in [0.2, 0.25) is 0 Å². The van der Waals surface area contributed by atoms with Crippen LogP contribution in [0.4, 0.5) is 4.39 Å². The van der Waals surface area contributed by atoms with E-state index < -0.39 is 0 Å². The minimum absolute atomic E-state index is 0.235. The summed E-state index contributed by atoms with van der Waals surface area (Å²) in [7, 11) is 0. The molecule has 0 aromatic carbocycles. The van der Waals surface area contributed by atoms with Crippen LogP contribution in [0.25, 0.3) is 0 Å². The van der Waals surface area contributed by atoms with Gasteiger partial charge in [0.2, 0.25) is 0 Å². The molecule has 3 nitrogen and oxygen atoms in total. The van der Waals surface area contributed by atoms with Gasteiger partial charge in [0.15, 0.2) is 0 Å². The first kappa shape index (κ1) is 12.1. The first-order chi connectivity index (χ1) is 8.81. The maximum absolute atomic E-state index is 13.1. The number of likely N-dealkylation sites (tertiary alicyclic amines) is 1. The quantitative estimate of drug-likeness (QED) is 0.866. The van der Waals surface area contributed by atoms with Crippen LogP contribution in [-0.4, -0.2) is 35.6 Å². The van der Waals surface area contributed by atoms with E-state index in [2.05, 4.69) is 15.2 Å². The van der Waals surface area contributed by atoms with Crippen LogP contribution in [0.5, 0.6) is 0 Å². The van der Waals surface area contributed by atoms with Crippen LogP contribution in [0.15, 0.2) is 18.5 Å². The molecule has 0 bridgehead atoms. The van der Waals surface area contributed by atoms with E-state index in [1.54, 1.807) is 12.3 Å². The number of fused-ring (bicyclic) bond motifs is 1. The maximum atomic E-state index is 13.1. The van der Waals surface area contributed by atoms with E-state index in [9.17, 15) is 4.39 Å². The summed E-state index contributed by atoms with van der Waals surface area (Å²) in [5.41, 5.74) is 0.984. The molecule has 3 rings (SSSR count). The molecule has 0 spiro atoms. The summed E-state index contributed by atoms with van der Waals surface area (Å²) in [6, 6.07) is 2.30. The van der Waals surface area contributed by atoms with E-state index in [1.165, 1.54) is 32.0 Å². The fourth-order valence-corrected chi connectivity index (χ4v) is 3.26. The summed E-state index contributed by atoms with van der Waals surface area (Å²) in [5, 5.41) is 3.62. The van der Waals surface area contributed by atoms with Crippen molar-refractivity contribution in [2.45, 2.75) is 31.8 Å². The number of piperidine rings is 2. The zero-order valence-corrected chi connectivity index (χ0v) is 10.6. The average Bonchev–Trinajstić information content (AvgIpc) is 2.39. The van der Waals surface area contributed by atoms with Gasteiger partial charge in [-0.2, -0.15) is 0 Å². The predicted molar refractivity (Wildman–Crippen MR) is 68.6 cm³/mol. The molecule has 2 aliphatic rings. The second-order valence-corrected chi connectivity index (χ2v) is 5.50. The summed E-state index contributed by atoms with van der Waals surface area (Å²) >= 11 is 0. The lowest BCUT2D eigenvalue weighted by Gasteiger charge is -2.41. The maximum Gasteiger partial charge on any atom is 0.141 e. The molecule has 1 N–H and O–H groups in total. The molecule has 0 radical (unpaired) electrons. The minimum atomic E-state index is -0.235. The molecule has 2 unspecified atom stereocenters. The normalized spacial score (nSPS) is 28.9. The van der Waals surface area contributed by atoms with E-state index in [0.29, 0.717) is 6.04 Å². The SMILES string of the molecule is Fc1cncc(CN2CCC3NCCCC3C2)c1. The van der Waals surface area contributed by atoms with Gasteiger partial charge in [0.05, 0.1) is 6.20 Å². The topological polar surface area (TPSA) is 28.2 Å². The lowest BCUT2D eigenvalue weighted by molar-refractivity contribution is 0.109. The van der Waals surface area contributed by atoms with Crippen molar-refractivity contribution in [3.8, 4) is 0 Å². The van der Waals surface area contributed by atoms with E-state index in [1.807, 2.05) is 0 Å². The molecule has 2 aliphatic heterocycles. The number of nitrogens with zero attached hydrogens (tertiary/aromatic N) is 2. The third kappa shape index (κ3) is 2.70. The molecule has 98 valence electrons. The van der Waals surface area contributed by atoms with Crippen LogP contribution in [0.1, 0.15) is 24.8 Å².